The molecule has 1 heterocycles. The second-order valence-corrected chi connectivity index (χ2v) is 7.22. The molecule has 0 radical (unpaired) electrons. The van der Waals surface area contributed by atoms with Crippen LogP contribution in [0, 0.1) is 6.92 Å². The number of unbranched alkanes of at least 4 members (excludes halogenated alkanes) is 1. The lowest BCUT2D eigenvalue weighted by Gasteiger charge is -2.16. The number of rotatable bonds is 8. The maximum absolute atomic E-state index is 12.4. The van der Waals surface area contributed by atoms with Crippen molar-refractivity contribution >= 4 is 34.8 Å². The topological polar surface area (TPSA) is 65.5 Å². The molecule has 0 N–H and O–H groups in total. The Morgan fingerprint density at radius 1 is 1.17 bits per heavy atom. The van der Waals surface area contributed by atoms with Crippen LogP contribution in [0.5, 0.6) is 0 Å². The van der Waals surface area contributed by atoms with Crippen LogP contribution >= 0.6 is 11.6 Å². The number of benzene rings is 2. The first kappa shape index (κ1) is 21.0. The number of aromatic nitrogens is 1. The summed E-state index contributed by atoms with van der Waals surface area (Å²) in [4.78, 5) is 37.9. The van der Waals surface area contributed by atoms with Gasteiger partial charge in [-0.2, -0.15) is 4.89 Å². The van der Waals surface area contributed by atoms with Gasteiger partial charge in [0, 0.05) is 10.4 Å². The molecular formula is C23H22ClNO4. The fraction of sp³-hybridized carbons (Fsp3) is 0.261. The van der Waals surface area contributed by atoms with Crippen LogP contribution in [0.4, 0.5) is 0 Å². The van der Waals surface area contributed by atoms with E-state index in [2.05, 4.69) is 4.98 Å². The van der Waals surface area contributed by atoms with E-state index in [-0.39, 0.29) is 6.42 Å². The fourth-order valence-corrected chi connectivity index (χ4v) is 3.31. The summed E-state index contributed by atoms with van der Waals surface area (Å²) in [7, 11) is 0. The van der Waals surface area contributed by atoms with E-state index in [1.165, 1.54) is 0 Å². The molecule has 3 rings (SSSR count). The molecule has 0 saturated heterocycles. The highest BCUT2D eigenvalue weighted by Crippen LogP contribution is 2.35. The van der Waals surface area contributed by atoms with Gasteiger partial charge in [-0.3, -0.25) is 9.68 Å². The largest absolute Gasteiger partial charge is 0.346 e. The summed E-state index contributed by atoms with van der Waals surface area (Å²) in [5.41, 5.74) is 4.52. The van der Waals surface area contributed by atoms with Gasteiger partial charge in [-0.15, -0.1) is 0 Å². The summed E-state index contributed by atoms with van der Waals surface area (Å²) in [6.45, 7) is 4.32. The first-order chi connectivity index (χ1) is 14.0. The molecule has 5 nitrogen and oxygen atoms in total. The standard InChI is InChI=1S/C23H22ClNO4/c1-3-4-11-28-29-22(27)13-20-15(2)12-21-19(10-9-18(14-26)25-21)23(20)16-5-7-17(24)8-6-16/h5-10,12,14H,3-4,11,13H2,1-2H3. The van der Waals surface area contributed by atoms with Crippen LogP contribution < -0.4 is 0 Å². The smallest absolute Gasteiger partial charge is 0.298 e. The Balaban J connectivity index is 2.06. The van der Waals surface area contributed by atoms with E-state index in [0.717, 1.165) is 46.8 Å². The summed E-state index contributed by atoms with van der Waals surface area (Å²) < 4.78 is 0. The lowest BCUT2D eigenvalue weighted by Crippen LogP contribution is -2.11. The molecule has 2 aromatic carbocycles. The minimum absolute atomic E-state index is 0.0568. The van der Waals surface area contributed by atoms with Gasteiger partial charge in [-0.25, -0.2) is 9.78 Å². The maximum Gasteiger partial charge on any atom is 0.346 e. The van der Waals surface area contributed by atoms with Gasteiger partial charge in [-0.1, -0.05) is 37.1 Å². The van der Waals surface area contributed by atoms with Gasteiger partial charge < -0.3 is 0 Å². The molecule has 29 heavy (non-hydrogen) atoms. The zero-order valence-electron chi connectivity index (χ0n) is 16.4. The third kappa shape index (κ3) is 5.00. The van der Waals surface area contributed by atoms with E-state index in [1.807, 2.05) is 38.1 Å². The van der Waals surface area contributed by atoms with Crippen molar-refractivity contribution in [1.29, 1.82) is 0 Å². The summed E-state index contributed by atoms with van der Waals surface area (Å²) >= 11 is 6.05. The van der Waals surface area contributed by atoms with Gasteiger partial charge in [0.15, 0.2) is 6.29 Å². The molecule has 0 aliphatic heterocycles. The number of carbonyl (C=O) groups is 2. The zero-order valence-corrected chi connectivity index (χ0v) is 17.2. The van der Waals surface area contributed by atoms with Crippen molar-refractivity contribution in [2.24, 2.45) is 0 Å². The molecule has 6 heteroatoms. The van der Waals surface area contributed by atoms with Crippen LogP contribution in [0.3, 0.4) is 0 Å². The Kier molecular flexibility index (Phi) is 6.96. The molecule has 0 amide bonds. The van der Waals surface area contributed by atoms with E-state index in [0.29, 0.717) is 22.8 Å². The van der Waals surface area contributed by atoms with Gasteiger partial charge in [-0.05, 0) is 65.9 Å². The Hall–Kier alpha value is -2.76. The van der Waals surface area contributed by atoms with Gasteiger partial charge in [0.05, 0.1) is 18.5 Å². The highest BCUT2D eigenvalue weighted by Gasteiger charge is 2.18. The van der Waals surface area contributed by atoms with Crippen molar-refractivity contribution in [3.8, 4) is 11.1 Å². The van der Waals surface area contributed by atoms with Gasteiger partial charge in [0.2, 0.25) is 0 Å². The van der Waals surface area contributed by atoms with Crippen molar-refractivity contribution in [3.05, 3.63) is 64.3 Å². The number of carbonyl (C=O) groups excluding carboxylic acids is 2. The first-order valence-electron chi connectivity index (χ1n) is 9.50. The normalized spacial score (nSPS) is 10.9. The predicted octanol–water partition coefficient (Wildman–Crippen LogP) is 5.49. The molecule has 0 atom stereocenters. The molecule has 0 saturated carbocycles. The number of halogens is 1. The van der Waals surface area contributed by atoms with Crippen molar-refractivity contribution < 1.29 is 19.4 Å². The average Bonchev–Trinajstić information content (AvgIpc) is 2.72. The van der Waals surface area contributed by atoms with Crippen LogP contribution in [0.2, 0.25) is 5.02 Å². The molecule has 0 fully saturated rings. The quantitative estimate of drug-likeness (QED) is 0.212. The summed E-state index contributed by atoms with van der Waals surface area (Å²) in [6.07, 6.45) is 2.55. The van der Waals surface area contributed by atoms with Crippen molar-refractivity contribution in [3.63, 3.8) is 0 Å². The monoisotopic (exact) mass is 411 g/mol. The Morgan fingerprint density at radius 2 is 1.93 bits per heavy atom. The van der Waals surface area contributed by atoms with E-state index in [4.69, 9.17) is 21.4 Å². The third-order valence-electron chi connectivity index (χ3n) is 4.65. The minimum Gasteiger partial charge on any atom is -0.298 e. The van der Waals surface area contributed by atoms with Crippen LogP contribution in [0.25, 0.3) is 22.0 Å². The number of fused-ring (bicyclic) bond motifs is 1. The summed E-state index contributed by atoms with van der Waals surface area (Å²) in [5, 5.41) is 1.47. The van der Waals surface area contributed by atoms with Gasteiger partial charge in [0.25, 0.3) is 0 Å². The number of nitrogens with zero attached hydrogens (tertiary/aromatic N) is 1. The number of aldehydes is 1. The van der Waals surface area contributed by atoms with Gasteiger partial charge >= 0.3 is 5.97 Å². The second kappa shape index (κ2) is 9.63. The third-order valence-corrected chi connectivity index (χ3v) is 4.91. The molecular weight excluding hydrogens is 390 g/mol. The number of hydrogen-bond donors (Lipinski definition) is 0. The fourth-order valence-electron chi connectivity index (χ4n) is 3.19. The summed E-state index contributed by atoms with van der Waals surface area (Å²) in [5.74, 6) is -0.462. The Labute approximate surface area is 174 Å². The van der Waals surface area contributed by atoms with Crippen LogP contribution in [0.1, 0.15) is 41.4 Å². The highest BCUT2D eigenvalue weighted by atomic mass is 35.5. The van der Waals surface area contributed by atoms with Crippen LogP contribution in [-0.2, 0) is 21.0 Å². The lowest BCUT2D eigenvalue weighted by atomic mass is 9.90. The van der Waals surface area contributed by atoms with Crippen molar-refractivity contribution in [2.45, 2.75) is 33.1 Å². The maximum atomic E-state index is 12.4. The SMILES string of the molecule is CCCCOOC(=O)Cc1c(C)cc2nc(C=O)ccc2c1-c1ccc(Cl)cc1. The van der Waals surface area contributed by atoms with Crippen LogP contribution in [0.15, 0.2) is 42.5 Å². The van der Waals surface area contributed by atoms with E-state index >= 15 is 0 Å². The molecule has 0 unspecified atom stereocenters. The van der Waals surface area contributed by atoms with Crippen LogP contribution in [-0.4, -0.2) is 23.8 Å². The summed E-state index contributed by atoms with van der Waals surface area (Å²) in [6, 6.07) is 12.8. The molecule has 0 aliphatic carbocycles. The molecule has 0 aliphatic rings. The molecule has 150 valence electrons. The molecule has 1 aromatic heterocycles. The molecule has 3 aromatic rings. The molecule has 0 spiro atoms. The number of pyridine rings is 1. The number of hydrogen-bond acceptors (Lipinski definition) is 5. The number of aryl methyl sites for hydroxylation is 1. The Morgan fingerprint density at radius 3 is 2.62 bits per heavy atom. The van der Waals surface area contributed by atoms with E-state index in [1.54, 1.807) is 18.2 Å². The minimum atomic E-state index is -0.462. The average molecular weight is 412 g/mol. The van der Waals surface area contributed by atoms with Gasteiger partial charge in [0.1, 0.15) is 5.69 Å². The van der Waals surface area contributed by atoms with E-state index in [9.17, 15) is 9.59 Å². The first-order valence-corrected chi connectivity index (χ1v) is 9.88. The molecule has 0 bridgehead atoms. The second-order valence-electron chi connectivity index (χ2n) is 6.78. The zero-order chi connectivity index (χ0) is 20.8. The highest BCUT2D eigenvalue weighted by molar-refractivity contribution is 6.30. The van der Waals surface area contributed by atoms with Crippen molar-refractivity contribution in [2.75, 3.05) is 6.61 Å². The Bertz CT molecular complexity index is 1030. The van der Waals surface area contributed by atoms with E-state index < -0.39 is 5.97 Å². The predicted molar refractivity (Wildman–Crippen MR) is 113 cm³/mol. The lowest BCUT2D eigenvalue weighted by molar-refractivity contribution is -0.272. The van der Waals surface area contributed by atoms with Crippen molar-refractivity contribution in [1.82, 2.24) is 4.98 Å².